The van der Waals surface area contributed by atoms with Crippen LogP contribution in [0.5, 0.6) is 0 Å². The molecule has 15 heavy (non-hydrogen) atoms. The number of likely N-dealkylation sites (N-methyl/N-ethyl adjacent to an activating group) is 2. The molecule has 2 unspecified atom stereocenters. The average Bonchev–Trinajstić information content (AvgIpc) is 2.23. The van der Waals surface area contributed by atoms with Crippen molar-refractivity contribution < 1.29 is 14.7 Å². The monoisotopic (exact) mass is 216 g/mol. The van der Waals surface area contributed by atoms with E-state index in [-0.39, 0.29) is 18.5 Å². The molecule has 2 N–H and O–H groups in total. The van der Waals surface area contributed by atoms with Gasteiger partial charge in [-0.1, -0.05) is 13.8 Å². The molecule has 0 saturated heterocycles. The Morgan fingerprint density at radius 1 is 1.40 bits per heavy atom. The van der Waals surface area contributed by atoms with Crippen LogP contribution in [0.4, 0.5) is 0 Å². The Labute approximate surface area is 90.5 Å². The molecule has 0 saturated carbocycles. The van der Waals surface area contributed by atoms with Crippen molar-refractivity contribution >= 4 is 11.9 Å². The van der Waals surface area contributed by atoms with Crippen molar-refractivity contribution in [3.8, 4) is 0 Å². The van der Waals surface area contributed by atoms with Gasteiger partial charge in [-0.3, -0.25) is 14.5 Å². The van der Waals surface area contributed by atoms with Gasteiger partial charge < -0.3 is 10.4 Å². The smallest absolute Gasteiger partial charge is 0.307 e. The summed E-state index contributed by atoms with van der Waals surface area (Å²) >= 11 is 0. The molecule has 0 spiro atoms. The highest BCUT2D eigenvalue weighted by molar-refractivity contribution is 5.77. The quantitative estimate of drug-likeness (QED) is 0.663. The lowest BCUT2D eigenvalue weighted by Gasteiger charge is -2.29. The van der Waals surface area contributed by atoms with Gasteiger partial charge in [0.25, 0.3) is 0 Å². The van der Waals surface area contributed by atoms with Crippen molar-refractivity contribution in [2.24, 2.45) is 5.92 Å². The molecular weight excluding hydrogens is 196 g/mol. The predicted octanol–water partition coefficient (Wildman–Crippen LogP) is 0.164. The first kappa shape index (κ1) is 13.9. The molecular formula is C10H20N2O3. The molecule has 0 aromatic heterocycles. The van der Waals surface area contributed by atoms with Crippen LogP contribution in [0.1, 0.15) is 20.8 Å². The Hall–Kier alpha value is -1.10. The van der Waals surface area contributed by atoms with Crippen molar-refractivity contribution in [1.82, 2.24) is 10.2 Å². The predicted molar refractivity (Wildman–Crippen MR) is 57.6 cm³/mol. The molecule has 0 aromatic carbocycles. The lowest BCUT2D eigenvalue weighted by atomic mass is 10.0. The molecule has 0 aliphatic carbocycles. The molecule has 5 nitrogen and oxygen atoms in total. The van der Waals surface area contributed by atoms with Crippen molar-refractivity contribution in [3.63, 3.8) is 0 Å². The highest BCUT2D eigenvalue weighted by Gasteiger charge is 2.25. The average molecular weight is 216 g/mol. The zero-order valence-corrected chi connectivity index (χ0v) is 9.78. The molecule has 0 radical (unpaired) electrons. The summed E-state index contributed by atoms with van der Waals surface area (Å²) in [5.41, 5.74) is 0. The highest BCUT2D eigenvalue weighted by atomic mass is 16.4. The number of nitrogens with one attached hydrogen (secondary N) is 1. The van der Waals surface area contributed by atoms with Crippen LogP contribution in [0, 0.1) is 5.92 Å². The number of nitrogens with zero attached hydrogens (tertiary/aromatic N) is 1. The van der Waals surface area contributed by atoms with Gasteiger partial charge in [0.05, 0.1) is 12.5 Å². The van der Waals surface area contributed by atoms with E-state index in [4.69, 9.17) is 5.11 Å². The maximum Gasteiger partial charge on any atom is 0.307 e. The van der Waals surface area contributed by atoms with E-state index in [0.717, 1.165) is 0 Å². The first-order chi connectivity index (χ1) is 6.93. The number of amides is 1. The number of carbonyl (C=O) groups is 2. The van der Waals surface area contributed by atoms with Gasteiger partial charge in [-0.25, -0.2) is 0 Å². The second-order valence-electron chi connectivity index (χ2n) is 3.60. The highest BCUT2D eigenvalue weighted by Crippen LogP contribution is 2.10. The van der Waals surface area contributed by atoms with Crippen LogP contribution in [0.25, 0.3) is 0 Å². The van der Waals surface area contributed by atoms with Gasteiger partial charge in [0.15, 0.2) is 0 Å². The third kappa shape index (κ3) is 4.29. The Balaban J connectivity index is 4.39. The van der Waals surface area contributed by atoms with Crippen LogP contribution in [0.3, 0.4) is 0 Å². The summed E-state index contributed by atoms with van der Waals surface area (Å²) in [6.07, 6.45) is 0. The Morgan fingerprint density at radius 2 is 1.93 bits per heavy atom. The second-order valence-corrected chi connectivity index (χ2v) is 3.60. The fraction of sp³-hybridized carbons (Fsp3) is 0.800. The Kier molecular flexibility index (Phi) is 5.93. The van der Waals surface area contributed by atoms with E-state index >= 15 is 0 Å². The van der Waals surface area contributed by atoms with Crippen molar-refractivity contribution in [2.75, 3.05) is 20.1 Å². The van der Waals surface area contributed by atoms with Crippen LogP contribution in [-0.4, -0.2) is 48.1 Å². The first-order valence-corrected chi connectivity index (χ1v) is 5.11. The van der Waals surface area contributed by atoms with E-state index in [1.54, 1.807) is 14.0 Å². The van der Waals surface area contributed by atoms with Gasteiger partial charge in [0.1, 0.15) is 0 Å². The second kappa shape index (κ2) is 6.40. The van der Waals surface area contributed by atoms with Crippen molar-refractivity contribution in [1.29, 1.82) is 0 Å². The molecule has 0 fully saturated rings. The van der Waals surface area contributed by atoms with Gasteiger partial charge >= 0.3 is 5.97 Å². The summed E-state index contributed by atoms with van der Waals surface area (Å²) in [6.45, 7) is 6.29. The Bertz CT molecular complexity index is 231. The van der Waals surface area contributed by atoms with E-state index in [1.807, 2.05) is 18.7 Å². The molecule has 2 atom stereocenters. The summed E-state index contributed by atoms with van der Waals surface area (Å²) in [6, 6.07) is -0.148. The molecule has 1 amide bonds. The summed E-state index contributed by atoms with van der Waals surface area (Å²) in [5.74, 6) is -1.41. The van der Waals surface area contributed by atoms with Gasteiger partial charge in [-0.05, 0) is 13.5 Å². The lowest BCUT2D eigenvalue weighted by Crippen LogP contribution is -2.45. The number of aliphatic carboxylic acids is 1. The van der Waals surface area contributed by atoms with Gasteiger partial charge in [-0.2, -0.15) is 0 Å². The zero-order chi connectivity index (χ0) is 12.0. The fourth-order valence-corrected chi connectivity index (χ4v) is 1.33. The third-order valence-electron chi connectivity index (χ3n) is 2.72. The van der Waals surface area contributed by atoms with Crippen molar-refractivity contribution in [2.45, 2.75) is 26.8 Å². The van der Waals surface area contributed by atoms with Crippen LogP contribution < -0.4 is 5.32 Å². The molecule has 0 aromatic rings. The number of rotatable bonds is 6. The number of hydrogen-bond donors (Lipinski definition) is 2. The van der Waals surface area contributed by atoms with Crippen LogP contribution in [0.2, 0.25) is 0 Å². The largest absolute Gasteiger partial charge is 0.481 e. The standard InChI is InChI=1S/C10H20N2O3/c1-5-12(6-9(13)11-4)8(3)7(2)10(14)15/h7-8H,5-6H2,1-4H3,(H,11,13)(H,14,15). The number of carboxylic acids is 1. The van der Waals surface area contributed by atoms with E-state index in [9.17, 15) is 9.59 Å². The number of carbonyl (C=O) groups excluding carboxylic acids is 1. The van der Waals surface area contributed by atoms with Crippen molar-refractivity contribution in [3.05, 3.63) is 0 Å². The molecule has 0 aliphatic rings. The van der Waals surface area contributed by atoms with Gasteiger partial charge in [0, 0.05) is 13.1 Å². The number of carboxylic acid groups (broad SMARTS) is 1. The fourth-order valence-electron chi connectivity index (χ4n) is 1.33. The number of hydrogen-bond acceptors (Lipinski definition) is 3. The maximum absolute atomic E-state index is 11.2. The van der Waals surface area contributed by atoms with Crippen LogP contribution in [0.15, 0.2) is 0 Å². The minimum Gasteiger partial charge on any atom is -0.481 e. The molecule has 0 heterocycles. The molecule has 0 bridgehead atoms. The van der Waals surface area contributed by atoms with Crippen LogP contribution >= 0.6 is 0 Å². The minimum atomic E-state index is -0.835. The molecule has 0 aliphatic heterocycles. The third-order valence-corrected chi connectivity index (χ3v) is 2.72. The molecule has 0 rings (SSSR count). The van der Waals surface area contributed by atoms with E-state index in [1.165, 1.54) is 0 Å². The van der Waals surface area contributed by atoms with Gasteiger partial charge in [0.2, 0.25) is 5.91 Å². The summed E-state index contributed by atoms with van der Waals surface area (Å²) in [4.78, 5) is 23.8. The first-order valence-electron chi connectivity index (χ1n) is 5.11. The van der Waals surface area contributed by atoms with Gasteiger partial charge in [-0.15, -0.1) is 0 Å². The normalized spacial score (nSPS) is 14.7. The minimum absolute atomic E-state index is 0.0960. The maximum atomic E-state index is 11.2. The van der Waals surface area contributed by atoms with E-state index in [0.29, 0.717) is 6.54 Å². The molecule has 5 heteroatoms. The lowest BCUT2D eigenvalue weighted by molar-refractivity contribution is -0.143. The molecule has 88 valence electrons. The summed E-state index contributed by atoms with van der Waals surface area (Å²) < 4.78 is 0. The summed E-state index contributed by atoms with van der Waals surface area (Å²) in [7, 11) is 1.57. The van der Waals surface area contributed by atoms with Crippen LogP contribution in [-0.2, 0) is 9.59 Å². The van der Waals surface area contributed by atoms with E-state index < -0.39 is 11.9 Å². The Morgan fingerprint density at radius 3 is 2.27 bits per heavy atom. The zero-order valence-electron chi connectivity index (χ0n) is 9.78. The SMILES string of the molecule is CCN(CC(=O)NC)C(C)C(C)C(=O)O. The summed E-state index contributed by atoms with van der Waals surface area (Å²) in [5, 5.41) is 11.4. The van der Waals surface area contributed by atoms with E-state index in [2.05, 4.69) is 5.32 Å². The topological polar surface area (TPSA) is 69.6 Å².